The van der Waals surface area contributed by atoms with Gasteiger partial charge in [-0.15, -0.1) is 0 Å². The van der Waals surface area contributed by atoms with E-state index in [0.717, 1.165) is 17.0 Å². The number of pyridine rings is 1. The number of rotatable bonds is 1. The molecule has 0 spiro atoms. The molecule has 88 valence electrons. The number of para-hydroxylation sites is 1. The molecule has 0 aliphatic carbocycles. The highest BCUT2D eigenvalue weighted by Gasteiger charge is 2.16. The Hall–Kier alpha value is -2.29. The van der Waals surface area contributed by atoms with Gasteiger partial charge in [0.2, 0.25) is 11.2 Å². The Morgan fingerprint density at radius 1 is 1.06 bits per heavy atom. The molecule has 2 heterocycles. The van der Waals surface area contributed by atoms with Crippen LogP contribution in [-0.2, 0) is 7.05 Å². The zero-order chi connectivity index (χ0) is 12.5. The molecule has 0 saturated heterocycles. The molecular formula is C15H14N3+. The third kappa shape index (κ3) is 1.64. The molecule has 0 fully saturated rings. The van der Waals surface area contributed by atoms with E-state index in [1.54, 1.807) is 6.33 Å². The van der Waals surface area contributed by atoms with Crippen LogP contribution in [0.4, 0.5) is 0 Å². The van der Waals surface area contributed by atoms with E-state index in [-0.39, 0.29) is 0 Å². The van der Waals surface area contributed by atoms with E-state index in [1.165, 1.54) is 10.9 Å². The normalized spacial score (nSPS) is 10.8. The second-order valence-corrected chi connectivity index (χ2v) is 4.39. The van der Waals surface area contributed by atoms with Crippen LogP contribution in [-0.4, -0.2) is 9.97 Å². The lowest BCUT2D eigenvalue weighted by Crippen LogP contribution is -2.32. The van der Waals surface area contributed by atoms with E-state index in [4.69, 9.17) is 0 Å². The summed E-state index contributed by atoms with van der Waals surface area (Å²) >= 11 is 0. The van der Waals surface area contributed by atoms with Crippen molar-refractivity contribution in [3.05, 3.63) is 54.5 Å². The van der Waals surface area contributed by atoms with Crippen LogP contribution in [0.1, 0.15) is 5.56 Å². The molecule has 3 aromatic rings. The van der Waals surface area contributed by atoms with Gasteiger partial charge in [-0.2, -0.15) is 4.57 Å². The molecule has 0 unspecified atom stereocenters. The predicted octanol–water partition coefficient (Wildman–Crippen LogP) is 2.43. The second kappa shape index (κ2) is 4.18. The van der Waals surface area contributed by atoms with Crippen LogP contribution in [0.3, 0.4) is 0 Å². The molecule has 1 aromatic carbocycles. The number of nitrogens with zero attached hydrogens (tertiary/aromatic N) is 3. The van der Waals surface area contributed by atoms with Crippen LogP contribution in [0.15, 0.2) is 48.9 Å². The third-order valence-corrected chi connectivity index (χ3v) is 3.22. The number of aryl methyl sites for hydroxylation is 2. The van der Waals surface area contributed by atoms with E-state index in [1.807, 2.05) is 13.1 Å². The summed E-state index contributed by atoms with van der Waals surface area (Å²) in [5, 5.41) is 1.23. The average Bonchev–Trinajstić information content (AvgIpc) is 2.41. The van der Waals surface area contributed by atoms with Gasteiger partial charge in [-0.05, 0) is 24.6 Å². The maximum atomic E-state index is 4.38. The van der Waals surface area contributed by atoms with Crippen LogP contribution < -0.4 is 4.57 Å². The topological polar surface area (TPSA) is 29.7 Å². The zero-order valence-electron chi connectivity index (χ0n) is 10.5. The molecule has 0 aliphatic rings. The number of hydrogen-bond acceptors (Lipinski definition) is 2. The fraction of sp³-hybridized carbons (Fsp3) is 0.133. The monoisotopic (exact) mass is 236 g/mol. The lowest BCUT2D eigenvalue weighted by Gasteiger charge is -2.04. The molecule has 0 radical (unpaired) electrons. The molecule has 0 amide bonds. The minimum absolute atomic E-state index is 0.984. The standard InChI is InChI=1S/C15H14N3/c1-11-9-16-10-17-15(11)14-8-7-12-5-3-4-6-13(12)18(14)2/h3-10H,1-2H3/q+1. The first-order chi connectivity index (χ1) is 8.77. The lowest BCUT2D eigenvalue weighted by atomic mass is 10.1. The van der Waals surface area contributed by atoms with Gasteiger partial charge >= 0.3 is 0 Å². The number of hydrogen-bond donors (Lipinski definition) is 0. The van der Waals surface area contributed by atoms with Crippen molar-refractivity contribution in [2.45, 2.75) is 6.92 Å². The molecule has 0 N–H and O–H groups in total. The summed E-state index contributed by atoms with van der Waals surface area (Å²) in [6.07, 6.45) is 3.44. The SMILES string of the molecule is Cc1cncnc1-c1ccc2ccccc2[n+]1C. The highest BCUT2D eigenvalue weighted by Crippen LogP contribution is 2.19. The average molecular weight is 236 g/mol. The van der Waals surface area contributed by atoms with Crippen molar-refractivity contribution >= 4 is 10.9 Å². The van der Waals surface area contributed by atoms with E-state index in [2.05, 4.69) is 58.0 Å². The van der Waals surface area contributed by atoms with Crippen molar-refractivity contribution in [3.8, 4) is 11.4 Å². The largest absolute Gasteiger partial charge is 0.244 e. The van der Waals surface area contributed by atoms with Gasteiger partial charge in [-0.1, -0.05) is 12.1 Å². The van der Waals surface area contributed by atoms with Crippen molar-refractivity contribution in [1.82, 2.24) is 9.97 Å². The molecule has 0 bridgehead atoms. The van der Waals surface area contributed by atoms with Gasteiger partial charge in [0.25, 0.3) is 0 Å². The summed E-state index contributed by atoms with van der Waals surface area (Å²) in [6, 6.07) is 12.6. The lowest BCUT2D eigenvalue weighted by molar-refractivity contribution is -0.633. The first-order valence-corrected chi connectivity index (χ1v) is 5.92. The van der Waals surface area contributed by atoms with Gasteiger partial charge in [0, 0.05) is 23.7 Å². The minimum atomic E-state index is 0.984. The maximum Gasteiger partial charge on any atom is 0.231 e. The van der Waals surface area contributed by atoms with E-state index < -0.39 is 0 Å². The molecule has 0 saturated carbocycles. The summed E-state index contributed by atoms with van der Waals surface area (Å²) in [6.45, 7) is 2.03. The molecule has 2 aromatic heterocycles. The fourth-order valence-electron chi connectivity index (χ4n) is 2.25. The van der Waals surface area contributed by atoms with Crippen LogP contribution in [0.2, 0.25) is 0 Å². The summed E-state index contributed by atoms with van der Waals surface area (Å²) in [7, 11) is 2.07. The first-order valence-electron chi connectivity index (χ1n) is 5.92. The highest BCUT2D eigenvalue weighted by molar-refractivity contribution is 5.77. The highest BCUT2D eigenvalue weighted by atomic mass is 15.0. The molecule has 0 aliphatic heterocycles. The van der Waals surface area contributed by atoms with Crippen LogP contribution in [0.5, 0.6) is 0 Å². The fourth-order valence-corrected chi connectivity index (χ4v) is 2.25. The van der Waals surface area contributed by atoms with Crippen molar-refractivity contribution < 1.29 is 4.57 Å². The van der Waals surface area contributed by atoms with Crippen molar-refractivity contribution in [2.75, 3.05) is 0 Å². The smallest absolute Gasteiger partial charge is 0.231 e. The summed E-state index contributed by atoms with van der Waals surface area (Å²) in [4.78, 5) is 8.43. The van der Waals surface area contributed by atoms with Crippen molar-refractivity contribution in [1.29, 1.82) is 0 Å². The third-order valence-electron chi connectivity index (χ3n) is 3.22. The number of fused-ring (bicyclic) bond motifs is 1. The Kier molecular flexibility index (Phi) is 2.52. The summed E-state index contributed by atoms with van der Waals surface area (Å²) < 4.78 is 2.17. The van der Waals surface area contributed by atoms with Gasteiger partial charge in [0.1, 0.15) is 19.1 Å². The maximum absolute atomic E-state index is 4.38. The van der Waals surface area contributed by atoms with Gasteiger partial charge in [0.15, 0.2) is 0 Å². The van der Waals surface area contributed by atoms with Gasteiger partial charge in [-0.3, -0.25) is 0 Å². The Labute approximate surface area is 106 Å². The summed E-state index contributed by atoms with van der Waals surface area (Å²) in [5.74, 6) is 0. The van der Waals surface area contributed by atoms with Crippen LogP contribution in [0, 0.1) is 6.92 Å². The number of aromatic nitrogens is 3. The molecular weight excluding hydrogens is 222 g/mol. The van der Waals surface area contributed by atoms with Crippen LogP contribution >= 0.6 is 0 Å². The molecule has 3 heteroatoms. The Morgan fingerprint density at radius 2 is 1.89 bits per heavy atom. The zero-order valence-corrected chi connectivity index (χ0v) is 10.5. The predicted molar refractivity (Wildman–Crippen MR) is 70.9 cm³/mol. The van der Waals surface area contributed by atoms with E-state index in [9.17, 15) is 0 Å². The summed E-state index contributed by atoms with van der Waals surface area (Å²) in [5.41, 5.74) is 4.38. The van der Waals surface area contributed by atoms with E-state index >= 15 is 0 Å². The molecule has 0 atom stereocenters. The van der Waals surface area contributed by atoms with Gasteiger partial charge in [0.05, 0.1) is 0 Å². The quantitative estimate of drug-likeness (QED) is 0.607. The van der Waals surface area contributed by atoms with Crippen molar-refractivity contribution in [2.24, 2.45) is 7.05 Å². The Balaban J connectivity index is 2.31. The molecule has 3 rings (SSSR count). The van der Waals surface area contributed by atoms with Crippen LogP contribution in [0.25, 0.3) is 22.3 Å². The van der Waals surface area contributed by atoms with Gasteiger partial charge < -0.3 is 0 Å². The first kappa shape index (κ1) is 10.8. The number of benzene rings is 1. The second-order valence-electron chi connectivity index (χ2n) is 4.39. The Bertz CT molecular complexity index is 720. The molecule has 3 nitrogen and oxygen atoms in total. The van der Waals surface area contributed by atoms with Crippen molar-refractivity contribution in [3.63, 3.8) is 0 Å². The van der Waals surface area contributed by atoms with E-state index in [0.29, 0.717) is 0 Å². The van der Waals surface area contributed by atoms with Gasteiger partial charge in [-0.25, -0.2) is 9.97 Å². The molecule has 18 heavy (non-hydrogen) atoms. The Morgan fingerprint density at radius 3 is 2.72 bits per heavy atom. The minimum Gasteiger partial charge on any atom is -0.244 e.